The summed E-state index contributed by atoms with van der Waals surface area (Å²) in [5, 5.41) is 1.37. The first-order valence-corrected chi connectivity index (χ1v) is 8.60. The van der Waals surface area contributed by atoms with E-state index >= 15 is 0 Å². The molecule has 0 spiro atoms. The first-order valence-electron chi connectivity index (χ1n) is 7.16. The Morgan fingerprint density at radius 1 is 1.29 bits per heavy atom. The number of nitrogens with zero attached hydrogens (tertiary/aromatic N) is 3. The van der Waals surface area contributed by atoms with Gasteiger partial charge in [-0.3, -0.25) is 9.99 Å². The van der Waals surface area contributed by atoms with E-state index in [4.69, 9.17) is 5.84 Å². The number of hydrazine groups is 1. The first-order chi connectivity index (χ1) is 9.83. The standard InChI is InChI=1S/C14H22N4O2S/c1-10(2)5-4-6-11(3)14-17-21(19,20)13-9-16-8-7-12(13)18(14)15/h7-11H,4-6,15H2,1-3H3. The van der Waals surface area contributed by atoms with Crippen molar-refractivity contribution >= 4 is 21.5 Å². The molecule has 0 radical (unpaired) electrons. The van der Waals surface area contributed by atoms with Crippen LogP contribution in [0.1, 0.15) is 40.0 Å². The van der Waals surface area contributed by atoms with Gasteiger partial charge in [0.25, 0.3) is 10.0 Å². The summed E-state index contributed by atoms with van der Waals surface area (Å²) in [7, 11) is -3.71. The molecule has 0 saturated carbocycles. The zero-order valence-electron chi connectivity index (χ0n) is 12.7. The lowest BCUT2D eigenvalue weighted by Crippen LogP contribution is -2.44. The largest absolute Gasteiger partial charge is 0.287 e. The van der Waals surface area contributed by atoms with Crippen LogP contribution >= 0.6 is 0 Å². The summed E-state index contributed by atoms with van der Waals surface area (Å²) >= 11 is 0. The Morgan fingerprint density at radius 3 is 2.67 bits per heavy atom. The zero-order valence-corrected chi connectivity index (χ0v) is 13.5. The van der Waals surface area contributed by atoms with Gasteiger partial charge in [-0.05, 0) is 18.4 Å². The Hall–Kier alpha value is -1.47. The lowest BCUT2D eigenvalue weighted by molar-refractivity contribution is 0.508. The second kappa shape index (κ2) is 6.11. The fraction of sp³-hybridized carbons (Fsp3) is 0.571. The van der Waals surface area contributed by atoms with Crippen LogP contribution in [0.4, 0.5) is 5.69 Å². The van der Waals surface area contributed by atoms with Gasteiger partial charge >= 0.3 is 0 Å². The zero-order chi connectivity index (χ0) is 15.6. The van der Waals surface area contributed by atoms with E-state index in [-0.39, 0.29) is 10.8 Å². The highest BCUT2D eigenvalue weighted by atomic mass is 32.2. The third kappa shape index (κ3) is 3.41. The minimum absolute atomic E-state index is 0.00941. The summed E-state index contributed by atoms with van der Waals surface area (Å²) in [6.45, 7) is 6.30. The second-order valence-corrected chi connectivity index (χ2v) is 7.44. The molecule has 2 rings (SSSR count). The summed E-state index contributed by atoms with van der Waals surface area (Å²) < 4.78 is 28.3. The van der Waals surface area contributed by atoms with Crippen molar-refractivity contribution in [3.63, 3.8) is 0 Å². The highest BCUT2D eigenvalue weighted by Crippen LogP contribution is 2.31. The summed E-state index contributed by atoms with van der Waals surface area (Å²) in [6, 6.07) is 1.60. The Labute approximate surface area is 126 Å². The highest BCUT2D eigenvalue weighted by molar-refractivity contribution is 7.90. The molecule has 7 heteroatoms. The number of rotatable bonds is 5. The molecule has 0 aromatic carbocycles. The summed E-state index contributed by atoms with van der Waals surface area (Å²) in [5.41, 5.74) is 0.436. The predicted molar refractivity (Wildman–Crippen MR) is 83.4 cm³/mol. The van der Waals surface area contributed by atoms with Gasteiger partial charge in [-0.15, -0.1) is 4.40 Å². The van der Waals surface area contributed by atoms with E-state index in [1.807, 2.05) is 6.92 Å². The Kier molecular flexibility index (Phi) is 4.63. The van der Waals surface area contributed by atoms with Crippen LogP contribution in [0.25, 0.3) is 0 Å². The molecule has 0 fully saturated rings. The third-order valence-electron chi connectivity index (χ3n) is 3.62. The molecule has 1 atom stereocenters. The van der Waals surface area contributed by atoms with Crippen LogP contribution < -0.4 is 10.9 Å². The highest BCUT2D eigenvalue weighted by Gasteiger charge is 2.31. The third-order valence-corrected chi connectivity index (χ3v) is 4.92. The van der Waals surface area contributed by atoms with Crippen LogP contribution in [0, 0.1) is 11.8 Å². The van der Waals surface area contributed by atoms with Crippen LogP contribution in [-0.2, 0) is 10.0 Å². The molecular weight excluding hydrogens is 288 g/mol. The van der Waals surface area contributed by atoms with Crippen molar-refractivity contribution in [2.45, 2.75) is 44.9 Å². The first kappa shape index (κ1) is 15.9. The molecule has 2 N–H and O–H groups in total. The lowest BCUT2D eigenvalue weighted by Gasteiger charge is -2.29. The van der Waals surface area contributed by atoms with E-state index in [9.17, 15) is 8.42 Å². The van der Waals surface area contributed by atoms with E-state index in [0.717, 1.165) is 19.3 Å². The predicted octanol–water partition coefficient (Wildman–Crippen LogP) is 2.32. The van der Waals surface area contributed by atoms with Gasteiger partial charge in [0, 0.05) is 18.3 Å². The van der Waals surface area contributed by atoms with Crippen LogP contribution in [0.15, 0.2) is 27.8 Å². The van der Waals surface area contributed by atoms with Crippen molar-refractivity contribution in [3.8, 4) is 0 Å². The van der Waals surface area contributed by atoms with Crippen molar-refractivity contribution in [2.75, 3.05) is 5.01 Å². The fourth-order valence-corrected chi connectivity index (χ4v) is 3.64. The van der Waals surface area contributed by atoms with Crippen molar-refractivity contribution in [1.29, 1.82) is 0 Å². The number of nitrogens with two attached hydrogens (primary N) is 1. The quantitative estimate of drug-likeness (QED) is 0.843. The molecule has 0 aliphatic carbocycles. The number of hydrogen-bond donors (Lipinski definition) is 1. The molecule has 2 heterocycles. The lowest BCUT2D eigenvalue weighted by atomic mass is 9.98. The van der Waals surface area contributed by atoms with E-state index in [2.05, 4.69) is 23.2 Å². The van der Waals surface area contributed by atoms with Crippen molar-refractivity contribution < 1.29 is 8.42 Å². The summed E-state index contributed by atoms with van der Waals surface area (Å²) in [6.07, 6.45) is 5.81. The number of amidine groups is 1. The Morgan fingerprint density at radius 2 is 2.00 bits per heavy atom. The molecule has 116 valence electrons. The topological polar surface area (TPSA) is 88.7 Å². The van der Waals surface area contributed by atoms with Gasteiger partial charge in [-0.25, -0.2) is 5.84 Å². The van der Waals surface area contributed by atoms with E-state index in [0.29, 0.717) is 17.4 Å². The summed E-state index contributed by atoms with van der Waals surface area (Å²) in [4.78, 5) is 3.90. The minimum atomic E-state index is -3.71. The molecule has 1 aromatic rings. The SMILES string of the molecule is CC(C)CCCC(C)C1=NS(=O)(=O)c2cnccc2N1N. The normalized spacial score (nSPS) is 18.3. The average molecular weight is 310 g/mol. The van der Waals surface area contributed by atoms with Gasteiger partial charge in [-0.2, -0.15) is 8.42 Å². The van der Waals surface area contributed by atoms with Crippen molar-refractivity contribution in [1.82, 2.24) is 4.98 Å². The molecule has 1 aliphatic heterocycles. The fourth-order valence-electron chi connectivity index (χ4n) is 2.40. The molecule has 0 amide bonds. The number of aromatic nitrogens is 1. The number of pyridine rings is 1. The molecule has 1 aromatic heterocycles. The molecule has 21 heavy (non-hydrogen) atoms. The Balaban J connectivity index is 2.24. The van der Waals surface area contributed by atoms with Gasteiger partial charge < -0.3 is 0 Å². The number of sulfonamides is 1. The van der Waals surface area contributed by atoms with Crippen LogP contribution in [0.3, 0.4) is 0 Å². The summed E-state index contributed by atoms with van der Waals surface area (Å²) in [5.74, 6) is 7.08. The number of anilines is 1. The van der Waals surface area contributed by atoms with Crippen molar-refractivity contribution in [2.24, 2.45) is 22.1 Å². The maximum atomic E-state index is 12.2. The Bertz CT molecular complexity index is 640. The van der Waals surface area contributed by atoms with Crippen LogP contribution in [0.5, 0.6) is 0 Å². The monoisotopic (exact) mass is 310 g/mol. The van der Waals surface area contributed by atoms with E-state index in [1.54, 1.807) is 6.07 Å². The minimum Gasteiger partial charge on any atom is -0.263 e. The van der Waals surface area contributed by atoms with E-state index in [1.165, 1.54) is 17.4 Å². The van der Waals surface area contributed by atoms with Crippen LogP contribution in [0.2, 0.25) is 0 Å². The molecule has 1 aliphatic rings. The maximum Gasteiger partial charge on any atom is 0.287 e. The number of hydrogen-bond acceptors (Lipinski definition) is 5. The van der Waals surface area contributed by atoms with Crippen LogP contribution in [-0.4, -0.2) is 19.2 Å². The molecule has 0 bridgehead atoms. The average Bonchev–Trinajstić information content (AvgIpc) is 2.42. The van der Waals surface area contributed by atoms with Gasteiger partial charge in [0.05, 0.1) is 5.69 Å². The smallest absolute Gasteiger partial charge is 0.263 e. The van der Waals surface area contributed by atoms with Gasteiger partial charge in [0.1, 0.15) is 10.7 Å². The number of fused-ring (bicyclic) bond motifs is 1. The van der Waals surface area contributed by atoms with Crippen molar-refractivity contribution in [3.05, 3.63) is 18.5 Å². The molecular formula is C14H22N4O2S. The molecule has 1 unspecified atom stereocenters. The van der Waals surface area contributed by atoms with Gasteiger partial charge in [0.2, 0.25) is 0 Å². The molecule has 0 saturated heterocycles. The molecule has 6 nitrogen and oxygen atoms in total. The second-order valence-electron chi connectivity index (χ2n) is 5.86. The van der Waals surface area contributed by atoms with Gasteiger partial charge in [-0.1, -0.05) is 33.6 Å². The maximum absolute atomic E-state index is 12.2. The van der Waals surface area contributed by atoms with Gasteiger partial charge in [0.15, 0.2) is 0 Å². The van der Waals surface area contributed by atoms with E-state index < -0.39 is 10.0 Å².